The fourth-order valence-electron chi connectivity index (χ4n) is 2.66. The number of ether oxygens (including phenoxy) is 1. The molecule has 0 heterocycles. The summed E-state index contributed by atoms with van der Waals surface area (Å²) in [5.74, 6) is 0.422. The van der Waals surface area contributed by atoms with E-state index in [4.69, 9.17) is 10.00 Å². The topological polar surface area (TPSA) is 62.1 Å². The van der Waals surface area contributed by atoms with Crippen LogP contribution in [0.2, 0.25) is 0 Å². The summed E-state index contributed by atoms with van der Waals surface area (Å²) in [6.45, 7) is 2.08. The zero-order valence-corrected chi connectivity index (χ0v) is 9.82. The van der Waals surface area contributed by atoms with Crippen molar-refractivity contribution in [3.63, 3.8) is 0 Å². The van der Waals surface area contributed by atoms with Crippen LogP contribution in [0.3, 0.4) is 0 Å². The first-order chi connectivity index (χ1) is 7.59. The molecule has 88 valence electrons. The first kappa shape index (κ1) is 11.4. The molecule has 2 saturated carbocycles. The van der Waals surface area contributed by atoms with Crippen molar-refractivity contribution in [3.8, 4) is 6.07 Å². The number of hydrogen-bond donors (Lipinski definition) is 1. The third-order valence-corrected chi connectivity index (χ3v) is 3.81. The molecular weight excluding hydrogens is 204 g/mol. The second kappa shape index (κ2) is 4.06. The van der Waals surface area contributed by atoms with E-state index >= 15 is 0 Å². The quantitative estimate of drug-likeness (QED) is 0.781. The van der Waals surface area contributed by atoms with Crippen LogP contribution in [0.15, 0.2) is 0 Å². The van der Waals surface area contributed by atoms with E-state index in [9.17, 15) is 4.79 Å². The van der Waals surface area contributed by atoms with Gasteiger partial charge in [-0.25, -0.2) is 0 Å². The molecule has 0 bridgehead atoms. The van der Waals surface area contributed by atoms with Crippen LogP contribution in [-0.2, 0) is 9.53 Å². The number of nitriles is 1. The third-order valence-electron chi connectivity index (χ3n) is 3.81. The molecule has 1 N–H and O–H groups in total. The van der Waals surface area contributed by atoms with Crippen LogP contribution in [-0.4, -0.2) is 25.2 Å². The van der Waals surface area contributed by atoms with Gasteiger partial charge < -0.3 is 10.1 Å². The highest BCUT2D eigenvalue weighted by atomic mass is 16.5. The average Bonchev–Trinajstić information content (AvgIpc) is 2.17. The molecule has 0 aromatic rings. The molecular formula is C12H18N2O2. The molecule has 4 nitrogen and oxygen atoms in total. The Hall–Kier alpha value is -1.08. The van der Waals surface area contributed by atoms with Gasteiger partial charge in [-0.05, 0) is 31.6 Å². The van der Waals surface area contributed by atoms with E-state index < -0.39 is 5.41 Å². The van der Waals surface area contributed by atoms with Crippen LogP contribution in [0.25, 0.3) is 0 Å². The van der Waals surface area contributed by atoms with Gasteiger partial charge >= 0.3 is 0 Å². The Kier molecular flexibility index (Phi) is 2.90. The summed E-state index contributed by atoms with van der Waals surface area (Å²) in [6, 6.07) is 2.39. The molecule has 2 aliphatic rings. The molecule has 0 aliphatic heterocycles. The molecule has 4 heteroatoms. The van der Waals surface area contributed by atoms with Crippen molar-refractivity contribution >= 4 is 5.91 Å². The maximum absolute atomic E-state index is 11.9. The predicted octanol–water partition coefficient (Wildman–Crippen LogP) is 1.22. The molecule has 0 aromatic heterocycles. The number of rotatable bonds is 3. The Morgan fingerprint density at radius 2 is 2.12 bits per heavy atom. The standard InChI is InChI=1S/C12H18N2O2/c1-8-5-12(6-8,7-13)11(15)14-9-3-10(4-9)16-2/h8-10H,3-6H2,1-2H3,(H,14,15). The second-order valence-corrected chi connectivity index (χ2v) is 5.21. The molecule has 0 unspecified atom stereocenters. The lowest BCUT2D eigenvalue weighted by atomic mass is 9.63. The van der Waals surface area contributed by atoms with Gasteiger partial charge in [0.2, 0.25) is 5.91 Å². The van der Waals surface area contributed by atoms with Crippen molar-refractivity contribution in [2.45, 2.75) is 44.8 Å². The first-order valence-electron chi connectivity index (χ1n) is 5.84. The summed E-state index contributed by atoms with van der Waals surface area (Å²) in [6.07, 6.45) is 3.44. The Balaban J connectivity index is 1.83. The maximum atomic E-state index is 11.9. The summed E-state index contributed by atoms with van der Waals surface area (Å²) < 4.78 is 5.15. The number of nitrogens with zero attached hydrogens (tertiary/aromatic N) is 1. The SMILES string of the molecule is COC1CC(NC(=O)C2(C#N)CC(C)C2)C1. The molecule has 2 rings (SSSR count). The van der Waals surface area contributed by atoms with Crippen molar-refractivity contribution in [2.24, 2.45) is 11.3 Å². The van der Waals surface area contributed by atoms with E-state index in [2.05, 4.69) is 18.3 Å². The fourth-order valence-corrected chi connectivity index (χ4v) is 2.66. The van der Waals surface area contributed by atoms with Crippen molar-refractivity contribution in [3.05, 3.63) is 0 Å². The van der Waals surface area contributed by atoms with Gasteiger partial charge in [0.25, 0.3) is 0 Å². The summed E-state index contributed by atoms with van der Waals surface area (Å²) in [4.78, 5) is 11.9. The molecule has 2 fully saturated rings. The first-order valence-corrected chi connectivity index (χ1v) is 5.84. The molecule has 0 radical (unpaired) electrons. The summed E-state index contributed by atoms with van der Waals surface area (Å²) >= 11 is 0. The number of hydrogen-bond acceptors (Lipinski definition) is 3. The van der Waals surface area contributed by atoms with Gasteiger partial charge in [0.1, 0.15) is 5.41 Å². The van der Waals surface area contributed by atoms with Gasteiger partial charge in [-0.1, -0.05) is 6.92 Å². The number of carbonyl (C=O) groups is 1. The predicted molar refractivity (Wildman–Crippen MR) is 58.4 cm³/mol. The van der Waals surface area contributed by atoms with E-state index in [-0.39, 0.29) is 18.1 Å². The summed E-state index contributed by atoms with van der Waals surface area (Å²) in [7, 11) is 1.69. The van der Waals surface area contributed by atoms with Gasteiger partial charge in [-0.3, -0.25) is 4.79 Å². The lowest BCUT2D eigenvalue weighted by Crippen LogP contribution is -2.55. The van der Waals surface area contributed by atoms with Crippen molar-refractivity contribution in [1.29, 1.82) is 5.26 Å². The summed E-state index contributed by atoms with van der Waals surface area (Å²) in [5, 5.41) is 12.0. The lowest BCUT2D eigenvalue weighted by molar-refractivity contribution is -0.136. The Morgan fingerprint density at radius 3 is 2.56 bits per heavy atom. The van der Waals surface area contributed by atoms with Gasteiger partial charge in [0, 0.05) is 13.2 Å². The Labute approximate surface area is 96.0 Å². The van der Waals surface area contributed by atoms with E-state index in [1.54, 1.807) is 7.11 Å². The minimum atomic E-state index is -0.739. The molecule has 2 aliphatic carbocycles. The second-order valence-electron chi connectivity index (χ2n) is 5.21. The van der Waals surface area contributed by atoms with E-state index in [1.165, 1.54) is 0 Å². The zero-order valence-electron chi connectivity index (χ0n) is 9.82. The zero-order chi connectivity index (χ0) is 11.8. The van der Waals surface area contributed by atoms with Crippen LogP contribution >= 0.6 is 0 Å². The van der Waals surface area contributed by atoms with E-state index in [1.807, 2.05) is 0 Å². The molecule has 0 saturated heterocycles. The number of amides is 1. The number of carbonyl (C=O) groups excluding carboxylic acids is 1. The van der Waals surface area contributed by atoms with Gasteiger partial charge in [0.05, 0.1) is 12.2 Å². The number of methoxy groups -OCH3 is 1. The fraction of sp³-hybridized carbons (Fsp3) is 0.833. The highest BCUT2D eigenvalue weighted by Gasteiger charge is 2.49. The largest absolute Gasteiger partial charge is 0.381 e. The minimum absolute atomic E-state index is 0.0762. The summed E-state index contributed by atoms with van der Waals surface area (Å²) in [5.41, 5.74) is -0.739. The average molecular weight is 222 g/mol. The molecule has 16 heavy (non-hydrogen) atoms. The number of nitrogens with one attached hydrogen (secondary N) is 1. The third kappa shape index (κ3) is 1.80. The minimum Gasteiger partial charge on any atom is -0.381 e. The highest BCUT2D eigenvalue weighted by Crippen LogP contribution is 2.45. The monoisotopic (exact) mass is 222 g/mol. The van der Waals surface area contributed by atoms with Crippen LogP contribution < -0.4 is 5.32 Å². The Bertz CT molecular complexity index is 322. The van der Waals surface area contributed by atoms with Crippen molar-refractivity contribution in [1.82, 2.24) is 5.32 Å². The molecule has 0 atom stereocenters. The van der Waals surface area contributed by atoms with Crippen molar-refractivity contribution < 1.29 is 9.53 Å². The van der Waals surface area contributed by atoms with E-state index in [0.29, 0.717) is 18.8 Å². The van der Waals surface area contributed by atoms with Crippen LogP contribution in [0.1, 0.15) is 32.6 Å². The van der Waals surface area contributed by atoms with Gasteiger partial charge in [0.15, 0.2) is 0 Å². The van der Waals surface area contributed by atoms with Gasteiger partial charge in [-0.15, -0.1) is 0 Å². The van der Waals surface area contributed by atoms with Gasteiger partial charge in [-0.2, -0.15) is 5.26 Å². The van der Waals surface area contributed by atoms with Crippen molar-refractivity contribution in [2.75, 3.05) is 7.11 Å². The van der Waals surface area contributed by atoms with Crippen LogP contribution in [0.5, 0.6) is 0 Å². The molecule has 0 spiro atoms. The van der Waals surface area contributed by atoms with Crippen LogP contribution in [0.4, 0.5) is 0 Å². The molecule has 1 amide bonds. The van der Waals surface area contributed by atoms with Crippen LogP contribution in [0, 0.1) is 22.7 Å². The maximum Gasteiger partial charge on any atom is 0.240 e. The normalized spacial score (nSPS) is 41.4. The smallest absolute Gasteiger partial charge is 0.240 e. The Morgan fingerprint density at radius 1 is 1.50 bits per heavy atom. The molecule has 0 aromatic carbocycles. The highest BCUT2D eigenvalue weighted by molar-refractivity contribution is 5.86. The lowest BCUT2D eigenvalue weighted by Gasteiger charge is -2.42. The van der Waals surface area contributed by atoms with E-state index in [0.717, 1.165) is 12.8 Å².